The number of carbonyl (C=O) groups excluding carboxylic acids is 1. The van der Waals surface area contributed by atoms with Gasteiger partial charge in [-0.1, -0.05) is 0 Å². The van der Waals surface area contributed by atoms with Gasteiger partial charge in [0.2, 0.25) is 5.91 Å². The van der Waals surface area contributed by atoms with E-state index in [9.17, 15) is 18.4 Å². The molecule has 0 fully saturated rings. The highest BCUT2D eigenvalue weighted by molar-refractivity contribution is 5.79. The second-order valence-corrected chi connectivity index (χ2v) is 3.87. The SMILES string of the molecule is CN(CCC(=O)O)C(=O)Cc1cc(F)ccc1F. The molecular formula is C12H13F2NO3. The van der Waals surface area contributed by atoms with Crippen LogP contribution in [0.5, 0.6) is 0 Å². The molecule has 4 nitrogen and oxygen atoms in total. The summed E-state index contributed by atoms with van der Waals surface area (Å²) in [6.45, 7) is 0.0328. The highest BCUT2D eigenvalue weighted by Gasteiger charge is 2.14. The zero-order valence-corrected chi connectivity index (χ0v) is 9.82. The van der Waals surface area contributed by atoms with Crippen LogP contribution in [0.4, 0.5) is 8.78 Å². The number of amides is 1. The molecule has 0 spiro atoms. The molecule has 1 rings (SSSR count). The topological polar surface area (TPSA) is 57.6 Å². The molecule has 1 amide bonds. The summed E-state index contributed by atoms with van der Waals surface area (Å²) < 4.78 is 26.2. The van der Waals surface area contributed by atoms with Gasteiger partial charge in [0.1, 0.15) is 11.6 Å². The first-order valence-electron chi connectivity index (χ1n) is 5.30. The van der Waals surface area contributed by atoms with Gasteiger partial charge in [-0.15, -0.1) is 0 Å². The molecular weight excluding hydrogens is 244 g/mol. The van der Waals surface area contributed by atoms with Crippen LogP contribution in [-0.4, -0.2) is 35.5 Å². The molecule has 0 saturated heterocycles. The Bertz CT molecular complexity index is 463. The third kappa shape index (κ3) is 4.12. The first kappa shape index (κ1) is 14.1. The Morgan fingerprint density at radius 2 is 2.00 bits per heavy atom. The summed E-state index contributed by atoms with van der Waals surface area (Å²) in [6.07, 6.45) is -0.479. The number of rotatable bonds is 5. The van der Waals surface area contributed by atoms with Gasteiger partial charge >= 0.3 is 5.97 Å². The van der Waals surface area contributed by atoms with Crippen LogP contribution in [0, 0.1) is 11.6 Å². The molecule has 0 saturated carbocycles. The van der Waals surface area contributed by atoms with E-state index in [4.69, 9.17) is 5.11 Å². The van der Waals surface area contributed by atoms with Gasteiger partial charge in [0.15, 0.2) is 0 Å². The molecule has 0 heterocycles. The van der Waals surface area contributed by atoms with Gasteiger partial charge in [-0.2, -0.15) is 0 Å². The van der Waals surface area contributed by atoms with Gasteiger partial charge in [0.25, 0.3) is 0 Å². The number of nitrogens with zero attached hydrogens (tertiary/aromatic N) is 1. The molecule has 1 aromatic rings. The van der Waals surface area contributed by atoms with Crippen LogP contribution in [0.2, 0.25) is 0 Å². The molecule has 0 aliphatic carbocycles. The Labute approximate surface area is 103 Å². The summed E-state index contributed by atoms with van der Waals surface area (Å²) in [4.78, 5) is 23.1. The van der Waals surface area contributed by atoms with Crippen LogP contribution >= 0.6 is 0 Å². The van der Waals surface area contributed by atoms with Crippen LogP contribution in [0.25, 0.3) is 0 Å². The standard InChI is InChI=1S/C12H13F2NO3/c1-15(5-4-12(17)18)11(16)7-8-6-9(13)2-3-10(8)14/h2-3,6H,4-5,7H2,1H3,(H,17,18). The van der Waals surface area contributed by atoms with E-state index in [2.05, 4.69) is 0 Å². The monoisotopic (exact) mass is 257 g/mol. The number of halogens is 2. The molecule has 6 heteroatoms. The van der Waals surface area contributed by atoms with E-state index < -0.39 is 23.5 Å². The lowest BCUT2D eigenvalue weighted by Gasteiger charge is -2.16. The van der Waals surface area contributed by atoms with Crippen molar-refractivity contribution >= 4 is 11.9 Å². The van der Waals surface area contributed by atoms with E-state index in [1.807, 2.05) is 0 Å². The molecule has 0 radical (unpaired) electrons. The number of carboxylic acids is 1. The molecule has 1 N–H and O–H groups in total. The Kier molecular flexibility index (Phi) is 4.76. The number of carbonyl (C=O) groups is 2. The predicted octanol–water partition coefficient (Wildman–Crippen LogP) is 1.44. The van der Waals surface area contributed by atoms with Crippen LogP contribution < -0.4 is 0 Å². The van der Waals surface area contributed by atoms with Crippen LogP contribution in [0.15, 0.2) is 18.2 Å². The number of hydrogen-bond acceptors (Lipinski definition) is 2. The highest BCUT2D eigenvalue weighted by Crippen LogP contribution is 2.11. The van der Waals surface area contributed by atoms with Crippen molar-refractivity contribution in [1.29, 1.82) is 0 Å². The van der Waals surface area contributed by atoms with Crippen molar-refractivity contribution in [1.82, 2.24) is 4.90 Å². The van der Waals surface area contributed by atoms with E-state index in [1.54, 1.807) is 0 Å². The van der Waals surface area contributed by atoms with E-state index in [0.717, 1.165) is 18.2 Å². The highest BCUT2D eigenvalue weighted by atomic mass is 19.1. The van der Waals surface area contributed by atoms with Crippen LogP contribution in [0.1, 0.15) is 12.0 Å². The Morgan fingerprint density at radius 3 is 2.61 bits per heavy atom. The minimum atomic E-state index is -1.02. The Morgan fingerprint density at radius 1 is 1.33 bits per heavy atom. The average Bonchev–Trinajstić information content (AvgIpc) is 2.30. The smallest absolute Gasteiger partial charge is 0.305 e. The first-order chi connectivity index (χ1) is 8.40. The van der Waals surface area contributed by atoms with Gasteiger partial charge in [0, 0.05) is 19.2 Å². The Hall–Kier alpha value is -1.98. The van der Waals surface area contributed by atoms with Crippen molar-refractivity contribution in [3.05, 3.63) is 35.4 Å². The van der Waals surface area contributed by atoms with Crippen molar-refractivity contribution in [2.24, 2.45) is 0 Å². The van der Waals surface area contributed by atoms with Crippen LogP contribution in [-0.2, 0) is 16.0 Å². The maximum Gasteiger partial charge on any atom is 0.305 e. The van der Waals surface area contributed by atoms with E-state index in [-0.39, 0.29) is 24.9 Å². The first-order valence-corrected chi connectivity index (χ1v) is 5.30. The summed E-state index contributed by atoms with van der Waals surface area (Å²) >= 11 is 0. The number of carboxylic acid groups (broad SMARTS) is 1. The number of hydrogen-bond donors (Lipinski definition) is 1. The maximum atomic E-state index is 13.3. The lowest BCUT2D eigenvalue weighted by atomic mass is 10.1. The lowest BCUT2D eigenvalue weighted by Crippen LogP contribution is -2.30. The quantitative estimate of drug-likeness (QED) is 0.868. The molecule has 18 heavy (non-hydrogen) atoms. The molecule has 0 unspecified atom stereocenters. The molecule has 0 aromatic heterocycles. The fourth-order valence-electron chi connectivity index (χ4n) is 1.36. The lowest BCUT2D eigenvalue weighted by molar-refractivity contribution is -0.138. The zero-order chi connectivity index (χ0) is 13.7. The average molecular weight is 257 g/mol. The fourth-order valence-corrected chi connectivity index (χ4v) is 1.36. The molecule has 0 bridgehead atoms. The minimum Gasteiger partial charge on any atom is -0.481 e. The summed E-state index contributed by atoms with van der Waals surface area (Å²) in [5, 5.41) is 8.47. The molecule has 0 atom stereocenters. The fraction of sp³-hybridized carbons (Fsp3) is 0.333. The van der Waals surface area contributed by atoms with Gasteiger partial charge in [-0.25, -0.2) is 8.78 Å². The van der Waals surface area contributed by atoms with Crippen molar-refractivity contribution in [2.45, 2.75) is 12.8 Å². The number of benzene rings is 1. The van der Waals surface area contributed by atoms with Gasteiger partial charge < -0.3 is 10.0 Å². The summed E-state index contributed by atoms with van der Waals surface area (Å²) in [7, 11) is 1.42. The van der Waals surface area contributed by atoms with Crippen molar-refractivity contribution in [3.63, 3.8) is 0 Å². The number of likely N-dealkylation sites (N-methyl/N-ethyl adjacent to an activating group) is 1. The molecule has 0 aliphatic heterocycles. The summed E-state index contributed by atoms with van der Waals surface area (Å²) in [6, 6.07) is 2.88. The zero-order valence-electron chi connectivity index (χ0n) is 9.82. The van der Waals surface area contributed by atoms with Gasteiger partial charge in [-0.3, -0.25) is 9.59 Å². The summed E-state index contributed by atoms with van der Waals surface area (Å²) in [5.41, 5.74) is -0.0397. The van der Waals surface area contributed by atoms with Crippen molar-refractivity contribution in [3.8, 4) is 0 Å². The largest absolute Gasteiger partial charge is 0.481 e. The van der Waals surface area contributed by atoms with E-state index >= 15 is 0 Å². The second kappa shape index (κ2) is 6.09. The van der Waals surface area contributed by atoms with Gasteiger partial charge in [-0.05, 0) is 18.2 Å². The third-order valence-electron chi connectivity index (χ3n) is 2.44. The number of aliphatic carboxylic acids is 1. The molecule has 0 aliphatic rings. The van der Waals surface area contributed by atoms with Crippen molar-refractivity contribution < 1.29 is 23.5 Å². The molecule has 98 valence electrons. The van der Waals surface area contributed by atoms with Crippen LogP contribution in [0.3, 0.4) is 0 Å². The maximum absolute atomic E-state index is 13.3. The Balaban J connectivity index is 2.63. The minimum absolute atomic E-state index is 0.0328. The summed E-state index contributed by atoms with van der Waals surface area (Å²) in [5.74, 6) is -2.75. The second-order valence-electron chi connectivity index (χ2n) is 3.87. The van der Waals surface area contributed by atoms with E-state index in [1.165, 1.54) is 11.9 Å². The molecule has 1 aromatic carbocycles. The van der Waals surface area contributed by atoms with E-state index in [0.29, 0.717) is 0 Å². The van der Waals surface area contributed by atoms with Crippen molar-refractivity contribution in [2.75, 3.05) is 13.6 Å². The van der Waals surface area contributed by atoms with Gasteiger partial charge in [0.05, 0.1) is 12.8 Å². The predicted molar refractivity (Wildman–Crippen MR) is 60.0 cm³/mol. The third-order valence-corrected chi connectivity index (χ3v) is 2.44. The normalized spacial score (nSPS) is 10.2.